The molecule has 1 aromatic carbocycles. The lowest BCUT2D eigenvalue weighted by Crippen LogP contribution is -2.48. The SMILES string of the molecule is O=C(O)C1CN(C(=O)N2CC=CCC2)Cc2ccccc21. The summed E-state index contributed by atoms with van der Waals surface area (Å²) in [6.07, 6.45) is 4.90. The first-order chi connectivity index (χ1) is 10.2. The standard InChI is InChI=1S/C16H18N2O3/c19-15(20)14-11-18(10-12-6-2-3-7-13(12)14)16(21)17-8-4-1-5-9-17/h1-4,6-7,14H,5,8-11H2,(H,19,20). The first kappa shape index (κ1) is 13.7. The summed E-state index contributed by atoms with van der Waals surface area (Å²) in [7, 11) is 0. The van der Waals surface area contributed by atoms with Gasteiger partial charge < -0.3 is 14.9 Å². The molecule has 1 atom stereocenters. The van der Waals surface area contributed by atoms with E-state index in [1.54, 1.807) is 9.80 Å². The molecule has 1 aromatic rings. The van der Waals surface area contributed by atoms with E-state index in [0.717, 1.165) is 17.5 Å². The van der Waals surface area contributed by atoms with E-state index in [0.29, 0.717) is 19.6 Å². The number of nitrogens with zero attached hydrogens (tertiary/aromatic N) is 2. The van der Waals surface area contributed by atoms with Gasteiger partial charge in [0.25, 0.3) is 0 Å². The Balaban J connectivity index is 1.84. The molecule has 1 unspecified atom stereocenters. The Morgan fingerprint density at radius 1 is 1.14 bits per heavy atom. The maximum Gasteiger partial charge on any atom is 0.320 e. The molecule has 0 bridgehead atoms. The number of hydrogen-bond acceptors (Lipinski definition) is 2. The van der Waals surface area contributed by atoms with Gasteiger partial charge in [0, 0.05) is 26.2 Å². The number of benzene rings is 1. The maximum absolute atomic E-state index is 12.6. The van der Waals surface area contributed by atoms with Crippen molar-refractivity contribution in [2.75, 3.05) is 19.6 Å². The molecule has 5 nitrogen and oxygen atoms in total. The van der Waals surface area contributed by atoms with Gasteiger partial charge in [-0.15, -0.1) is 0 Å². The van der Waals surface area contributed by atoms with Gasteiger partial charge >= 0.3 is 12.0 Å². The summed E-state index contributed by atoms with van der Waals surface area (Å²) in [6.45, 7) is 2.03. The van der Waals surface area contributed by atoms with Crippen LogP contribution < -0.4 is 0 Å². The van der Waals surface area contributed by atoms with E-state index in [1.165, 1.54) is 0 Å². The van der Waals surface area contributed by atoms with Crippen molar-refractivity contribution in [3.05, 3.63) is 47.5 Å². The highest BCUT2D eigenvalue weighted by Gasteiger charge is 2.33. The summed E-state index contributed by atoms with van der Waals surface area (Å²) in [6, 6.07) is 7.41. The number of aliphatic carboxylic acids is 1. The molecule has 0 saturated carbocycles. The number of carbonyl (C=O) groups excluding carboxylic acids is 1. The number of amides is 2. The quantitative estimate of drug-likeness (QED) is 0.804. The third kappa shape index (κ3) is 2.63. The van der Waals surface area contributed by atoms with Gasteiger partial charge in [0.1, 0.15) is 0 Å². The molecule has 21 heavy (non-hydrogen) atoms. The Hall–Kier alpha value is -2.30. The molecule has 0 fully saturated rings. The highest BCUT2D eigenvalue weighted by molar-refractivity contribution is 5.81. The van der Waals surface area contributed by atoms with Crippen molar-refractivity contribution in [3.63, 3.8) is 0 Å². The van der Waals surface area contributed by atoms with Gasteiger partial charge in [-0.2, -0.15) is 0 Å². The molecular formula is C16H18N2O3. The molecule has 0 saturated heterocycles. The summed E-state index contributed by atoms with van der Waals surface area (Å²) in [5, 5.41) is 9.43. The van der Waals surface area contributed by atoms with E-state index in [4.69, 9.17) is 0 Å². The molecule has 2 aliphatic rings. The van der Waals surface area contributed by atoms with Crippen molar-refractivity contribution in [2.24, 2.45) is 0 Å². The Morgan fingerprint density at radius 3 is 2.67 bits per heavy atom. The molecule has 0 spiro atoms. The number of carboxylic acids is 1. The van der Waals surface area contributed by atoms with E-state index in [9.17, 15) is 14.7 Å². The van der Waals surface area contributed by atoms with Crippen LogP contribution in [0.4, 0.5) is 4.79 Å². The Labute approximate surface area is 123 Å². The summed E-state index contributed by atoms with van der Waals surface area (Å²) in [5.41, 5.74) is 1.75. The molecule has 2 aliphatic heterocycles. The number of urea groups is 1. The topological polar surface area (TPSA) is 60.9 Å². The van der Waals surface area contributed by atoms with Crippen LogP contribution in [0, 0.1) is 0 Å². The zero-order chi connectivity index (χ0) is 14.8. The van der Waals surface area contributed by atoms with Crippen molar-refractivity contribution in [1.29, 1.82) is 0 Å². The van der Waals surface area contributed by atoms with E-state index < -0.39 is 11.9 Å². The van der Waals surface area contributed by atoms with Crippen molar-refractivity contribution in [3.8, 4) is 0 Å². The van der Waals surface area contributed by atoms with Crippen LogP contribution in [0.3, 0.4) is 0 Å². The first-order valence-electron chi connectivity index (χ1n) is 7.16. The van der Waals surface area contributed by atoms with Gasteiger partial charge in [-0.1, -0.05) is 36.4 Å². The van der Waals surface area contributed by atoms with Gasteiger partial charge in [0.15, 0.2) is 0 Å². The van der Waals surface area contributed by atoms with E-state index in [-0.39, 0.29) is 12.6 Å². The zero-order valence-corrected chi connectivity index (χ0v) is 11.7. The first-order valence-corrected chi connectivity index (χ1v) is 7.16. The van der Waals surface area contributed by atoms with Crippen LogP contribution >= 0.6 is 0 Å². The summed E-state index contributed by atoms with van der Waals surface area (Å²) in [5.74, 6) is -1.52. The second kappa shape index (κ2) is 5.60. The Kier molecular flexibility index (Phi) is 3.64. The minimum absolute atomic E-state index is 0.0693. The fourth-order valence-corrected chi connectivity index (χ4v) is 2.98. The fourth-order valence-electron chi connectivity index (χ4n) is 2.98. The van der Waals surface area contributed by atoms with Crippen LogP contribution in [-0.2, 0) is 11.3 Å². The minimum atomic E-state index is -0.876. The lowest BCUT2D eigenvalue weighted by atomic mass is 9.90. The van der Waals surface area contributed by atoms with Gasteiger partial charge in [0.05, 0.1) is 5.92 Å². The smallest absolute Gasteiger partial charge is 0.320 e. The predicted molar refractivity (Wildman–Crippen MR) is 78.0 cm³/mol. The molecule has 0 radical (unpaired) electrons. The lowest BCUT2D eigenvalue weighted by molar-refractivity contribution is -0.139. The molecule has 2 amide bonds. The largest absolute Gasteiger partial charge is 0.481 e. The molecule has 0 aromatic heterocycles. The van der Waals surface area contributed by atoms with E-state index in [2.05, 4.69) is 6.08 Å². The predicted octanol–water partition coefficient (Wildman–Crippen LogP) is 2.05. The summed E-state index contributed by atoms with van der Waals surface area (Å²) < 4.78 is 0. The van der Waals surface area contributed by atoms with E-state index >= 15 is 0 Å². The van der Waals surface area contributed by atoms with E-state index in [1.807, 2.05) is 30.3 Å². The average Bonchev–Trinajstić information content (AvgIpc) is 2.53. The summed E-state index contributed by atoms with van der Waals surface area (Å²) in [4.78, 5) is 27.5. The van der Waals surface area contributed by atoms with Crippen LogP contribution in [-0.4, -0.2) is 46.5 Å². The number of rotatable bonds is 1. The van der Waals surface area contributed by atoms with Crippen LogP contribution in [0.1, 0.15) is 23.5 Å². The van der Waals surface area contributed by atoms with Crippen LogP contribution in [0.25, 0.3) is 0 Å². The Bertz CT molecular complexity index is 597. The normalized spacial score (nSPS) is 21.0. The van der Waals surface area contributed by atoms with Crippen LogP contribution in [0.15, 0.2) is 36.4 Å². The third-order valence-corrected chi connectivity index (χ3v) is 4.09. The van der Waals surface area contributed by atoms with Crippen molar-refractivity contribution in [1.82, 2.24) is 9.80 Å². The molecule has 0 aliphatic carbocycles. The molecule has 110 valence electrons. The van der Waals surface area contributed by atoms with Crippen molar-refractivity contribution >= 4 is 12.0 Å². The third-order valence-electron chi connectivity index (χ3n) is 4.09. The highest BCUT2D eigenvalue weighted by atomic mass is 16.4. The Morgan fingerprint density at radius 2 is 1.95 bits per heavy atom. The lowest BCUT2D eigenvalue weighted by Gasteiger charge is -2.36. The molecule has 1 N–H and O–H groups in total. The van der Waals surface area contributed by atoms with Gasteiger partial charge in [0.2, 0.25) is 0 Å². The van der Waals surface area contributed by atoms with Crippen LogP contribution in [0.5, 0.6) is 0 Å². The second-order valence-corrected chi connectivity index (χ2v) is 5.46. The van der Waals surface area contributed by atoms with Crippen LogP contribution in [0.2, 0.25) is 0 Å². The minimum Gasteiger partial charge on any atom is -0.481 e. The second-order valence-electron chi connectivity index (χ2n) is 5.46. The van der Waals surface area contributed by atoms with Gasteiger partial charge in [-0.3, -0.25) is 4.79 Å². The van der Waals surface area contributed by atoms with Gasteiger partial charge in [-0.25, -0.2) is 4.79 Å². The molecule has 5 heteroatoms. The van der Waals surface area contributed by atoms with Gasteiger partial charge in [-0.05, 0) is 17.5 Å². The number of carbonyl (C=O) groups is 2. The highest BCUT2D eigenvalue weighted by Crippen LogP contribution is 2.29. The molecule has 2 heterocycles. The number of carboxylic acid groups (broad SMARTS) is 1. The van der Waals surface area contributed by atoms with Crippen molar-refractivity contribution in [2.45, 2.75) is 18.9 Å². The monoisotopic (exact) mass is 286 g/mol. The fraction of sp³-hybridized carbons (Fsp3) is 0.375. The number of hydrogen-bond donors (Lipinski definition) is 1. The summed E-state index contributed by atoms with van der Waals surface area (Å²) >= 11 is 0. The van der Waals surface area contributed by atoms with Crippen molar-refractivity contribution < 1.29 is 14.7 Å². The molecule has 3 rings (SSSR count). The zero-order valence-electron chi connectivity index (χ0n) is 11.7. The maximum atomic E-state index is 12.6. The number of fused-ring (bicyclic) bond motifs is 1. The average molecular weight is 286 g/mol. The molecular weight excluding hydrogens is 268 g/mol.